The second kappa shape index (κ2) is 8.17. The Labute approximate surface area is 164 Å². The topological polar surface area (TPSA) is 72.3 Å². The number of tetrazole rings is 1. The molecule has 0 aliphatic rings. The first-order valence-corrected chi connectivity index (χ1v) is 9.76. The van der Waals surface area contributed by atoms with Gasteiger partial charge in [0.2, 0.25) is 5.82 Å². The molecule has 4 aromatic rings. The molecule has 6 nitrogen and oxygen atoms in total. The highest BCUT2D eigenvalue weighted by Crippen LogP contribution is 2.30. The average molecular weight is 372 g/mol. The SMILES string of the molecule is CCCn1nc(CC)cc1Cc1ccc(-c2ccccc2-c2nn[nH]n2)cc1. The summed E-state index contributed by atoms with van der Waals surface area (Å²) in [4.78, 5) is 0. The summed E-state index contributed by atoms with van der Waals surface area (Å²) in [5, 5.41) is 19.2. The lowest BCUT2D eigenvalue weighted by atomic mass is 9.97. The second-order valence-electron chi connectivity index (χ2n) is 6.86. The van der Waals surface area contributed by atoms with Gasteiger partial charge in [-0.25, -0.2) is 0 Å². The summed E-state index contributed by atoms with van der Waals surface area (Å²) in [6.07, 6.45) is 2.94. The van der Waals surface area contributed by atoms with Crippen LogP contribution in [0.4, 0.5) is 0 Å². The second-order valence-corrected chi connectivity index (χ2v) is 6.86. The molecular weight excluding hydrogens is 348 g/mol. The van der Waals surface area contributed by atoms with Crippen molar-refractivity contribution in [2.45, 2.75) is 39.7 Å². The molecule has 28 heavy (non-hydrogen) atoms. The summed E-state index contributed by atoms with van der Waals surface area (Å²) in [6.45, 7) is 5.30. The van der Waals surface area contributed by atoms with Crippen molar-refractivity contribution in [3.63, 3.8) is 0 Å². The lowest BCUT2D eigenvalue weighted by Gasteiger charge is -2.09. The van der Waals surface area contributed by atoms with Crippen LogP contribution in [0.2, 0.25) is 0 Å². The van der Waals surface area contributed by atoms with E-state index in [9.17, 15) is 0 Å². The highest BCUT2D eigenvalue weighted by molar-refractivity contribution is 5.80. The molecule has 0 bridgehead atoms. The summed E-state index contributed by atoms with van der Waals surface area (Å²) < 4.78 is 2.15. The van der Waals surface area contributed by atoms with E-state index >= 15 is 0 Å². The molecule has 1 N–H and O–H groups in total. The zero-order valence-corrected chi connectivity index (χ0v) is 16.3. The molecule has 0 radical (unpaired) electrons. The molecule has 0 atom stereocenters. The molecule has 0 aliphatic carbocycles. The number of aromatic amines is 1. The van der Waals surface area contributed by atoms with Crippen LogP contribution in [0.15, 0.2) is 54.6 Å². The molecule has 2 aromatic heterocycles. The number of benzene rings is 2. The van der Waals surface area contributed by atoms with Gasteiger partial charge in [0.15, 0.2) is 0 Å². The Hall–Kier alpha value is -3.28. The number of nitrogens with zero attached hydrogens (tertiary/aromatic N) is 5. The van der Waals surface area contributed by atoms with E-state index in [2.05, 4.69) is 75.6 Å². The minimum Gasteiger partial charge on any atom is -0.269 e. The first-order valence-electron chi connectivity index (χ1n) is 9.76. The van der Waals surface area contributed by atoms with Crippen molar-refractivity contribution in [3.8, 4) is 22.5 Å². The third kappa shape index (κ3) is 3.71. The van der Waals surface area contributed by atoms with Crippen molar-refractivity contribution in [1.29, 1.82) is 0 Å². The summed E-state index contributed by atoms with van der Waals surface area (Å²) in [6, 6.07) is 19.1. The van der Waals surface area contributed by atoms with Gasteiger partial charge in [0, 0.05) is 24.2 Å². The summed E-state index contributed by atoms with van der Waals surface area (Å²) in [5.41, 5.74) is 6.92. The Morgan fingerprint density at radius 2 is 1.75 bits per heavy atom. The molecule has 4 rings (SSSR count). The fourth-order valence-electron chi connectivity index (χ4n) is 3.45. The highest BCUT2D eigenvalue weighted by atomic mass is 15.5. The lowest BCUT2D eigenvalue weighted by molar-refractivity contribution is 0.574. The molecule has 0 saturated carbocycles. The molecule has 0 aliphatic heterocycles. The standard InChI is InChI=1S/C22H24N6/c1-3-13-28-19(15-18(4-2)25-28)14-16-9-11-17(12-10-16)20-7-5-6-8-21(20)22-23-26-27-24-22/h5-12,15H,3-4,13-14H2,1-2H3,(H,23,24,26,27). The maximum atomic E-state index is 4.71. The van der Waals surface area contributed by atoms with E-state index in [4.69, 9.17) is 5.10 Å². The van der Waals surface area contributed by atoms with Crippen molar-refractivity contribution in [2.75, 3.05) is 0 Å². The Balaban J connectivity index is 1.60. The zero-order chi connectivity index (χ0) is 19.3. The smallest absolute Gasteiger partial charge is 0.205 e. The first-order chi connectivity index (χ1) is 13.8. The number of hydrogen-bond donors (Lipinski definition) is 1. The van der Waals surface area contributed by atoms with Gasteiger partial charge in [-0.05, 0) is 40.8 Å². The monoisotopic (exact) mass is 372 g/mol. The van der Waals surface area contributed by atoms with Crippen LogP contribution in [0.1, 0.15) is 37.2 Å². The summed E-state index contributed by atoms with van der Waals surface area (Å²) in [7, 11) is 0. The molecule has 2 aromatic carbocycles. The third-order valence-corrected chi connectivity index (χ3v) is 4.88. The van der Waals surface area contributed by atoms with E-state index in [1.165, 1.54) is 11.3 Å². The Morgan fingerprint density at radius 1 is 0.964 bits per heavy atom. The van der Waals surface area contributed by atoms with Crippen molar-refractivity contribution in [2.24, 2.45) is 0 Å². The number of aryl methyl sites for hydroxylation is 2. The van der Waals surface area contributed by atoms with Crippen LogP contribution in [0.5, 0.6) is 0 Å². The normalized spacial score (nSPS) is 11.1. The van der Waals surface area contributed by atoms with Crippen LogP contribution in [0.25, 0.3) is 22.5 Å². The maximum Gasteiger partial charge on any atom is 0.205 e. The number of aromatic nitrogens is 6. The van der Waals surface area contributed by atoms with Crippen molar-refractivity contribution in [3.05, 3.63) is 71.5 Å². The molecule has 2 heterocycles. The van der Waals surface area contributed by atoms with Crippen LogP contribution >= 0.6 is 0 Å². The average Bonchev–Trinajstić information content (AvgIpc) is 3.39. The largest absolute Gasteiger partial charge is 0.269 e. The summed E-state index contributed by atoms with van der Waals surface area (Å²) >= 11 is 0. The number of hydrogen-bond acceptors (Lipinski definition) is 4. The van der Waals surface area contributed by atoms with Crippen molar-refractivity contribution in [1.82, 2.24) is 30.4 Å². The van der Waals surface area contributed by atoms with Gasteiger partial charge < -0.3 is 0 Å². The van der Waals surface area contributed by atoms with Gasteiger partial charge in [0.25, 0.3) is 0 Å². The highest BCUT2D eigenvalue weighted by Gasteiger charge is 2.11. The predicted octanol–water partition coefficient (Wildman–Crippen LogP) is 4.29. The van der Waals surface area contributed by atoms with Crippen molar-refractivity contribution >= 4 is 0 Å². The fourth-order valence-corrected chi connectivity index (χ4v) is 3.45. The van der Waals surface area contributed by atoms with Gasteiger partial charge in [-0.15, -0.1) is 10.2 Å². The van der Waals surface area contributed by atoms with Gasteiger partial charge >= 0.3 is 0 Å². The molecular formula is C22H24N6. The van der Waals surface area contributed by atoms with Crippen LogP contribution in [0.3, 0.4) is 0 Å². The molecule has 0 unspecified atom stereocenters. The number of rotatable bonds is 7. The van der Waals surface area contributed by atoms with E-state index in [1.807, 2.05) is 18.2 Å². The van der Waals surface area contributed by atoms with E-state index < -0.39 is 0 Å². The summed E-state index contributed by atoms with van der Waals surface area (Å²) in [5.74, 6) is 0.607. The van der Waals surface area contributed by atoms with Crippen LogP contribution in [-0.2, 0) is 19.4 Å². The third-order valence-electron chi connectivity index (χ3n) is 4.88. The lowest BCUT2D eigenvalue weighted by Crippen LogP contribution is -2.05. The van der Waals surface area contributed by atoms with E-state index in [-0.39, 0.29) is 0 Å². The van der Waals surface area contributed by atoms with Gasteiger partial charge in [-0.2, -0.15) is 10.3 Å². The van der Waals surface area contributed by atoms with Crippen LogP contribution < -0.4 is 0 Å². The van der Waals surface area contributed by atoms with Gasteiger partial charge in [-0.1, -0.05) is 62.4 Å². The van der Waals surface area contributed by atoms with E-state index in [1.54, 1.807) is 0 Å². The number of nitrogens with one attached hydrogen (secondary N) is 1. The van der Waals surface area contributed by atoms with Gasteiger partial charge in [0.05, 0.1) is 5.69 Å². The minimum absolute atomic E-state index is 0.607. The maximum absolute atomic E-state index is 4.71. The Bertz CT molecular complexity index is 1030. The molecule has 142 valence electrons. The van der Waals surface area contributed by atoms with Crippen molar-refractivity contribution < 1.29 is 0 Å². The Morgan fingerprint density at radius 3 is 2.43 bits per heavy atom. The Kier molecular flexibility index (Phi) is 5.28. The van der Waals surface area contributed by atoms with Crippen LogP contribution in [0, 0.1) is 0 Å². The molecule has 0 spiro atoms. The zero-order valence-electron chi connectivity index (χ0n) is 16.3. The van der Waals surface area contributed by atoms with E-state index in [0.717, 1.165) is 48.2 Å². The van der Waals surface area contributed by atoms with Gasteiger partial charge in [0.1, 0.15) is 0 Å². The van der Waals surface area contributed by atoms with E-state index in [0.29, 0.717) is 5.82 Å². The number of H-pyrrole nitrogens is 1. The van der Waals surface area contributed by atoms with Crippen LogP contribution in [-0.4, -0.2) is 30.4 Å². The molecule has 0 amide bonds. The minimum atomic E-state index is 0.607. The fraction of sp³-hybridized carbons (Fsp3) is 0.273. The molecule has 0 saturated heterocycles. The first kappa shape index (κ1) is 18.1. The molecule has 6 heteroatoms. The molecule has 0 fully saturated rings. The predicted molar refractivity (Wildman–Crippen MR) is 110 cm³/mol. The quantitative estimate of drug-likeness (QED) is 0.525. The van der Waals surface area contributed by atoms with Gasteiger partial charge in [-0.3, -0.25) is 4.68 Å².